The number of pyridine rings is 1. The molecule has 0 spiro atoms. The van der Waals surface area contributed by atoms with Crippen LogP contribution in [0.4, 0.5) is 0 Å². The van der Waals surface area contributed by atoms with E-state index in [1.54, 1.807) is 24.3 Å². The fraction of sp³-hybridized carbons (Fsp3) is 0.217. The first-order chi connectivity index (χ1) is 15.3. The number of ether oxygens (including phenoxy) is 1. The first-order valence-electron chi connectivity index (χ1n) is 10.0. The smallest absolute Gasteiger partial charge is 0.341 e. The number of nitrogens with one attached hydrogen (secondary N) is 1. The number of benzene rings is 2. The second-order valence-corrected chi connectivity index (χ2v) is 9.55. The lowest BCUT2D eigenvalue weighted by molar-refractivity contribution is -0.139. The van der Waals surface area contributed by atoms with Gasteiger partial charge in [-0.05, 0) is 54.7 Å². The van der Waals surface area contributed by atoms with E-state index >= 15 is 0 Å². The number of carboxylic acid groups (broad SMARTS) is 1. The maximum absolute atomic E-state index is 13.0. The van der Waals surface area contributed by atoms with Crippen LogP contribution in [-0.4, -0.2) is 31.1 Å². The molecule has 0 saturated heterocycles. The number of carbonyl (C=O) groups is 1. The summed E-state index contributed by atoms with van der Waals surface area (Å²) in [6.45, 7) is -0.448. The average Bonchev–Trinajstić information content (AvgIpc) is 2.78. The molecule has 0 saturated carbocycles. The molecule has 166 valence electrons. The summed E-state index contributed by atoms with van der Waals surface area (Å²) >= 11 is 6.20. The molecule has 1 aliphatic carbocycles. The van der Waals surface area contributed by atoms with Gasteiger partial charge in [0.05, 0.1) is 5.69 Å². The summed E-state index contributed by atoms with van der Waals surface area (Å²) in [5.41, 5.74) is 2.93. The molecule has 7 nitrogen and oxygen atoms in total. The minimum absolute atomic E-state index is 0.0544. The van der Waals surface area contributed by atoms with Gasteiger partial charge in [0.1, 0.15) is 10.6 Å². The van der Waals surface area contributed by atoms with Crippen LogP contribution in [0.1, 0.15) is 30.0 Å². The van der Waals surface area contributed by atoms with Crippen molar-refractivity contribution in [1.29, 1.82) is 0 Å². The fourth-order valence-corrected chi connectivity index (χ4v) is 5.26. The molecule has 1 aromatic heterocycles. The maximum Gasteiger partial charge on any atom is 0.341 e. The van der Waals surface area contributed by atoms with Gasteiger partial charge in [-0.25, -0.2) is 17.9 Å². The SMILES string of the molecule is O=C(O)COc1cccc2c1CCCC2NS(=O)(=O)c1ccc(-c2ccccc2Cl)nc1. The minimum Gasteiger partial charge on any atom is -0.482 e. The number of hydrogen-bond donors (Lipinski definition) is 2. The van der Waals surface area contributed by atoms with E-state index < -0.39 is 28.6 Å². The summed E-state index contributed by atoms with van der Waals surface area (Å²) in [5, 5.41) is 9.42. The van der Waals surface area contributed by atoms with E-state index in [1.165, 1.54) is 12.3 Å². The summed E-state index contributed by atoms with van der Waals surface area (Å²) in [4.78, 5) is 15.2. The molecular formula is C23H21ClN2O5S. The van der Waals surface area contributed by atoms with Crippen LogP contribution < -0.4 is 9.46 Å². The summed E-state index contributed by atoms with van der Waals surface area (Å²) in [6, 6.07) is 15.2. The van der Waals surface area contributed by atoms with Crippen molar-refractivity contribution in [2.75, 3.05) is 6.61 Å². The largest absolute Gasteiger partial charge is 0.482 e. The standard InChI is InChI=1S/C23H21ClN2O5S/c24-19-8-2-1-5-18(19)20-12-11-15(13-25-20)32(29,30)26-21-9-3-7-17-16(21)6-4-10-22(17)31-14-23(27)28/h1-2,4-6,8,10-13,21,26H,3,7,9,14H2,(H,27,28). The van der Waals surface area contributed by atoms with Gasteiger partial charge in [-0.3, -0.25) is 4.98 Å². The van der Waals surface area contributed by atoms with E-state index in [0.29, 0.717) is 29.3 Å². The monoisotopic (exact) mass is 472 g/mol. The van der Waals surface area contributed by atoms with Crippen molar-refractivity contribution in [2.45, 2.75) is 30.2 Å². The van der Waals surface area contributed by atoms with Crippen molar-refractivity contribution in [3.05, 3.63) is 76.9 Å². The summed E-state index contributed by atoms with van der Waals surface area (Å²) in [5.74, 6) is -0.594. The van der Waals surface area contributed by atoms with E-state index in [4.69, 9.17) is 21.4 Å². The Balaban J connectivity index is 1.57. The molecule has 0 radical (unpaired) electrons. The van der Waals surface area contributed by atoms with Crippen molar-refractivity contribution in [3.63, 3.8) is 0 Å². The number of nitrogens with zero attached hydrogens (tertiary/aromatic N) is 1. The highest BCUT2D eigenvalue weighted by atomic mass is 35.5. The van der Waals surface area contributed by atoms with E-state index in [1.807, 2.05) is 24.3 Å². The molecule has 2 N–H and O–H groups in total. The molecular weight excluding hydrogens is 452 g/mol. The lowest BCUT2D eigenvalue weighted by Gasteiger charge is -2.27. The van der Waals surface area contributed by atoms with Crippen molar-refractivity contribution >= 4 is 27.6 Å². The zero-order valence-electron chi connectivity index (χ0n) is 17.0. The van der Waals surface area contributed by atoms with Crippen LogP contribution in [0, 0.1) is 0 Å². The minimum atomic E-state index is -3.83. The highest BCUT2D eigenvalue weighted by Crippen LogP contribution is 2.36. The average molecular weight is 473 g/mol. The lowest BCUT2D eigenvalue weighted by Crippen LogP contribution is -2.31. The normalized spacial score (nSPS) is 15.7. The van der Waals surface area contributed by atoms with E-state index in [-0.39, 0.29) is 4.90 Å². The predicted molar refractivity (Wildman–Crippen MR) is 120 cm³/mol. The molecule has 1 atom stereocenters. The Kier molecular flexibility index (Phi) is 6.45. The Bertz CT molecular complexity index is 1250. The Labute approximate surface area is 191 Å². The number of rotatable bonds is 7. The van der Waals surface area contributed by atoms with Gasteiger partial charge in [0.2, 0.25) is 10.0 Å². The van der Waals surface area contributed by atoms with Gasteiger partial charge in [0.15, 0.2) is 6.61 Å². The van der Waals surface area contributed by atoms with Gasteiger partial charge in [0.25, 0.3) is 0 Å². The van der Waals surface area contributed by atoms with Crippen molar-refractivity contribution < 1.29 is 23.1 Å². The molecule has 3 aromatic rings. The Morgan fingerprint density at radius 2 is 1.97 bits per heavy atom. The van der Waals surface area contributed by atoms with Crippen molar-refractivity contribution in [1.82, 2.24) is 9.71 Å². The molecule has 1 unspecified atom stereocenters. The number of fused-ring (bicyclic) bond motifs is 1. The quantitative estimate of drug-likeness (QED) is 0.533. The number of aromatic nitrogens is 1. The van der Waals surface area contributed by atoms with Gasteiger partial charge in [-0.2, -0.15) is 0 Å². The molecule has 2 aromatic carbocycles. The van der Waals surface area contributed by atoms with Crippen molar-refractivity contribution in [2.24, 2.45) is 0 Å². The molecule has 1 aliphatic rings. The lowest BCUT2D eigenvalue weighted by atomic mass is 9.87. The van der Waals surface area contributed by atoms with Gasteiger partial charge in [-0.15, -0.1) is 0 Å². The zero-order valence-corrected chi connectivity index (χ0v) is 18.6. The van der Waals surface area contributed by atoms with E-state index in [2.05, 4.69) is 9.71 Å². The topological polar surface area (TPSA) is 106 Å². The van der Waals surface area contributed by atoms with Crippen LogP contribution in [0.2, 0.25) is 5.02 Å². The number of sulfonamides is 1. The Morgan fingerprint density at radius 3 is 2.69 bits per heavy atom. The summed E-state index contributed by atoms with van der Waals surface area (Å²) in [6.07, 6.45) is 3.38. The Hall–Kier alpha value is -2.94. The van der Waals surface area contributed by atoms with Gasteiger partial charge >= 0.3 is 5.97 Å². The maximum atomic E-state index is 13.0. The molecule has 4 rings (SSSR count). The molecule has 32 heavy (non-hydrogen) atoms. The number of hydrogen-bond acceptors (Lipinski definition) is 5. The van der Waals surface area contributed by atoms with Crippen LogP contribution in [0.5, 0.6) is 5.75 Å². The van der Waals surface area contributed by atoms with E-state index in [9.17, 15) is 13.2 Å². The molecule has 0 aliphatic heterocycles. The predicted octanol–water partition coefficient (Wildman–Crippen LogP) is 4.22. The van der Waals surface area contributed by atoms with Gasteiger partial charge in [0, 0.05) is 22.8 Å². The van der Waals surface area contributed by atoms with Crippen LogP contribution in [0.15, 0.2) is 65.7 Å². The zero-order chi connectivity index (χ0) is 22.7. The third kappa shape index (κ3) is 4.77. The van der Waals surface area contributed by atoms with E-state index in [0.717, 1.165) is 23.1 Å². The number of carboxylic acids is 1. The highest BCUT2D eigenvalue weighted by Gasteiger charge is 2.28. The second kappa shape index (κ2) is 9.28. The third-order valence-corrected chi connectivity index (χ3v) is 7.10. The second-order valence-electron chi connectivity index (χ2n) is 7.43. The van der Waals surface area contributed by atoms with Crippen LogP contribution >= 0.6 is 11.6 Å². The van der Waals surface area contributed by atoms with Crippen molar-refractivity contribution in [3.8, 4) is 17.0 Å². The first kappa shape index (κ1) is 22.3. The molecule has 0 amide bonds. The van der Waals surface area contributed by atoms with Crippen LogP contribution in [0.25, 0.3) is 11.3 Å². The number of aliphatic carboxylic acids is 1. The third-order valence-electron chi connectivity index (χ3n) is 5.31. The fourth-order valence-electron chi connectivity index (χ4n) is 3.84. The van der Waals surface area contributed by atoms with Gasteiger partial charge < -0.3 is 9.84 Å². The highest BCUT2D eigenvalue weighted by molar-refractivity contribution is 7.89. The van der Waals surface area contributed by atoms with Gasteiger partial charge in [-0.1, -0.05) is 41.9 Å². The molecule has 9 heteroatoms. The number of halogens is 1. The molecule has 0 bridgehead atoms. The molecule has 1 heterocycles. The Morgan fingerprint density at radius 1 is 1.16 bits per heavy atom. The van der Waals surface area contributed by atoms with Crippen LogP contribution in [0.3, 0.4) is 0 Å². The summed E-state index contributed by atoms with van der Waals surface area (Å²) < 4.78 is 34.2. The van der Waals surface area contributed by atoms with Crippen LogP contribution in [-0.2, 0) is 21.2 Å². The summed E-state index contributed by atoms with van der Waals surface area (Å²) in [7, 11) is -3.83. The molecule has 0 fully saturated rings. The first-order valence-corrected chi connectivity index (χ1v) is 11.9.